The molecule has 3 rings (SSSR count). The molecular formula is C17H16N2O3. The van der Waals surface area contributed by atoms with Gasteiger partial charge in [0.05, 0.1) is 19.2 Å². The molecule has 0 amide bonds. The van der Waals surface area contributed by atoms with Crippen LogP contribution in [0, 0.1) is 11.8 Å². The Morgan fingerprint density at radius 3 is 2.68 bits per heavy atom. The van der Waals surface area contributed by atoms with Crippen LogP contribution in [0.3, 0.4) is 0 Å². The van der Waals surface area contributed by atoms with Crippen LogP contribution in [0.25, 0.3) is 10.9 Å². The molecule has 0 atom stereocenters. The maximum absolute atomic E-state index is 11.1. The Hall–Kier alpha value is -2.82. The third-order valence-corrected chi connectivity index (χ3v) is 3.86. The van der Waals surface area contributed by atoms with Gasteiger partial charge in [0.15, 0.2) is 5.69 Å². The van der Waals surface area contributed by atoms with E-state index in [1.807, 2.05) is 49.4 Å². The van der Waals surface area contributed by atoms with Crippen LogP contribution >= 0.6 is 0 Å². The number of aryl methyl sites for hydroxylation is 1. The van der Waals surface area contributed by atoms with Gasteiger partial charge in [-0.3, -0.25) is 0 Å². The zero-order chi connectivity index (χ0) is 15.7. The number of methoxy groups -OCH3 is 1. The summed E-state index contributed by atoms with van der Waals surface area (Å²) in [5, 5.41) is 14.1. The van der Waals surface area contributed by atoms with E-state index in [9.17, 15) is 10.0 Å². The van der Waals surface area contributed by atoms with Gasteiger partial charge in [0.2, 0.25) is 5.88 Å². The molecule has 0 fully saturated rings. The first kappa shape index (κ1) is 14.1. The van der Waals surface area contributed by atoms with Gasteiger partial charge in [-0.05, 0) is 29.8 Å². The van der Waals surface area contributed by atoms with Gasteiger partial charge in [-0.1, -0.05) is 30.3 Å². The highest BCUT2D eigenvalue weighted by atomic mass is 16.5. The van der Waals surface area contributed by atoms with Crippen LogP contribution in [0.4, 0.5) is 5.69 Å². The molecule has 1 heterocycles. The van der Waals surface area contributed by atoms with E-state index >= 15 is 0 Å². The summed E-state index contributed by atoms with van der Waals surface area (Å²) < 4.78 is 7.02. The third kappa shape index (κ3) is 2.11. The Morgan fingerprint density at radius 2 is 1.95 bits per heavy atom. The van der Waals surface area contributed by atoms with Crippen molar-refractivity contribution in [2.45, 2.75) is 13.5 Å². The molecule has 2 aromatic carbocycles. The average molecular weight is 296 g/mol. The maximum Gasteiger partial charge on any atom is 0.222 e. The summed E-state index contributed by atoms with van der Waals surface area (Å²) >= 11 is 0. The number of benzene rings is 2. The number of hydrogen-bond acceptors (Lipinski definition) is 4. The van der Waals surface area contributed by atoms with E-state index in [-0.39, 0.29) is 11.6 Å². The van der Waals surface area contributed by atoms with Crippen molar-refractivity contribution in [2.75, 3.05) is 7.11 Å². The molecule has 1 N–H and O–H groups in total. The molecular weight excluding hydrogens is 280 g/mol. The van der Waals surface area contributed by atoms with Crippen molar-refractivity contribution in [3.8, 4) is 11.6 Å². The second-order valence-electron chi connectivity index (χ2n) is 5.13. The van der Waals surface area contributed by atoms with Crippen molar-refractivity contribution in [1.82, 2.24) is 4.57 Å². The van der Waals surface area contributed by atoms with Crippen LogP contribution in [0.1, 0.15) is 11.1 Å². The van der Waals surface area contributed by atoms with E-state index in [0.29, 0.717) is 11.9 Å². The minimum Gasteiger partial charge on any atom is -0.496 e. The van der Waals surface area contributed by atoms with Crippen molar-refractivity contribution in [3.05, 3.63) is 58.5 Å². The Morgan fingerprint density at radius 1 is 1.18 bits per heavy atom. The maximum atomic E-state index is 11.1. The van der Waals surface area contributed by atoms with E-state index < -0.39 is 0 Å². The number of rotatable bonds is 4. The summed E-state index contributed by atoms with van der Waals surface area (Å²) in [5.41, 5.74) is 2.68. The fourth-order valence-corrected chi connectivity index (χ4v) is 2.79. The smallest absolute Gasteiger partial charge is 0.222 e. The minimum atomic E-state index is -0.120. The lowest BCUT2D eigenvalue weighted by atomic mass is 10.1. The van der Waals surface area contributed by atoms with Crippen molar-refractivity contribution in [1.29, 1.82) is 0 Å². The molecule has 0 aliphatic carbocycles. The molecule has 3 aromatic rings. The zero-order valence-corrected chi connectivity index (χ0v) is 12.4. The highest BCUT2D eigenvalue weighted by Gasteiger charge is 2.19. The first-order valence-corrected chi connectivity index (χ1v) is 6.93. The Labute approximate surface area is 127 Å². The predicted octanol–water partition coefficient (Wildman–Crippen LogP) is 4.11. The first-order chi connectivity index (χ1) is 10.7. The Bertz CT molecular complexity index is 852. The Balaban J connectivity index is 2.21. The van der Waals surface area contributed by atoms with Crippen molar-refractivity contribution in [2.24, 2.45) is 5.18 Å². The molecule has 5 heteroatoms. The van der Waals surface area contributed by atoms with Crippen LogP contribution in [-0.4, -0.2) is 16.8 Å². The number of fused-ring (bicyclic) bond motifs is 1. The molecule has 0 spiro atoms. The highest BCUT2D eigenvalue weighted by Crippen LogP contribution is 2.40. The van der Waals surface area contributed by atoms with Crippen molar-refractivity contribution in [3.63, 3.8) is 0 Å². The van der Waals surface area contributed by atoms with Crippen molar-refractivity contribution >= 4 is 16.6 Å². The second-order valence-corrected chi connectivity index (χ2v) is 5.13. The molecule has 5 nitrogen and oxygen atoms in total. The van der Waals surface area contributed by atoms with Crippen LogP contribution in [-0.2, 0) is 6.54 Å². The van der Waals surface area contributed by atoms with Gasteiger partial charge in [-0.25, -0.2) is 0 Å². The fourth-order valence-electron chi connectivity index (χ4n) is 2.79. The quantitative estimate of drug-likeness (QED) is 0.737. The van der Waals surface area contributed by atoms with Crippen LogP contribution < -0.4 is 4.74 Å². The summed E-state index contributed by atoms with van der Waals surface area (Å²) in [5.74, 6) is 0.613. The van der Waals surface area contributed by atoms with E-state index in [4.69, 9.17) is 4.74 Å². The van der Waals surface area contributed by atoms with Gasteiger partial charge in [-0.15, -0.1) is 4.91 Å². The standard InChI is InChI=1S/C17H16N2O3/c1-11-6-5-8-13-15(11)16(18-21)17(20)19(13)10-12-7-3-4-9-14(12)22-2/h3-9,20H,10H2,1-2H3. The van der Waals surface area contributed by atoms with Gasteiger partial charge in [-0.2, -0.15) is 0 Å². The van der Waals surface area contributed by atoms with E-state index in [2.05, 4.69) is 5.18 Å². The molecule has 0 saturated heterocycles. The van der Waals surface area contributed by atoms with Gasteiger partial charge in [0, 0.05) is 10.9 Å². The first-order valence-electron chi connectivity index (χ1n) is 6.93. The zero-order valence-electron chi connectivity index (χ0n) is 12.4. The number of aromatic nitrogens is 1. The lowest BCUT2D eigenvalue weighted by Crippen LogP contribution is -2.01. The molecule has 0 aliphatic rings. The second kappa shape index (κ2) is 5.52. The SMILES string of the molecule is COc1ccccc1Cn1c(O)c(N=O)c2c(C)cccc21. The largest absolute Gasteiger partial charge is 0.496 e. The minimum absolute atomic E-state index is 0.0861. The number of ether oxygens (including phenoxy) is 1. The van der Waals surface area contributed by atoms with Crippen LogP contribution in [0.2, 0.25) is 0 Å². The molecule has 0 bridgehead atoms. The van der Waals surface area contributed by atoms with Gasteiger partial charge < -0.3 is 14.4 Å². The number of para-hydroxylation sites is 1. The van der Waals surface area contributed by atoms with E-state index in [0.717, 1.165) is 22.4 Å². The number of hydrogen-bond donors (Lipinski definition) is 1. The van der Waals surface area contributed by atoms with Crippen LogP contribution in [0.15, 0.2) is 47.6 Å². The normalized spacial score (nSPS) is 10.8. The number of nitroso groups, excluding NO2 is 1. The molecule has 0 radical (unpaired) electrons. The monoisotopic (exact) mass is 296 g/mol. The summed E-state index contributed by atoms with van der Waals surface area (Å²) in [6, 6.07) is 13.2. The number of nitrogens with zero attached hydrogens (tertiary/aromatic N) is 2. The van der Waals surface area contributed by atoms with Gasteiger partial charge in [0.1, 0.15) is 5.75 Å². The highest BCUT2D eigenvalue weighted by molar-refractivity contribution is 5.97. The molecule has 0 saturated carbocycles. The lowest BCUT2D eigenvalue weighted by molar-refractivity contribution is 0.403. The van der Waals surface area contributed by atoms with Gasteiger partial charge in [0.25, 0.3) is 0 Å². The summed E-state index contributed by atoms with van der Waals surface area (Å²) in [6.07, 6.45) is 0. The summed E-state index contributed by atoms with van der Waals surface area (Å²) in [4.78, 5) is 11.1. The number of aromatic hydroxyl groups is 1. The van der Waals surface area contributed by atoms with E-state index in [1.165, 1.54) is 0 Å². The molecule has 112 valence electrons. The third-order valence-electron chi connectivity index (χ3n) is 3.86. The topological polar surface area (TPSA) is 63.8 Å². The lowest BCUT2D eigenvalue weighted by Gasteiger charge is -2.11. The van der Waals surface area contributed by atoms with Crippen LogP contribution in [0.5, 0.6) is 11.6 Å². The molecule has 22 heavy (non-hydrogen) atoms. The van der Waals surface area contributed by atoms with Crippen molar-refractivity contribution < 1.29 is 9.84 Å². The Kier molecular flexibility index (Phi) is 3.55. The van der Waals surface area contributed by atoms with E-state index in [1.54, 1.807) is 11.7 Å². The summed E-state index contributed by atoms with van der Waals surface area (Å²) in [6.45, 7) is 2.29. The fraction of sp³-hybridized carbons (Fsp3) is 0.176. The molecule has 1 aromatic heterocycles. The van der Waals surface area contributed by atoms with Gasteiger partial charge >= 0.3 is 0 Å². The molecule has 0 aliphatic heterocycles. The predicted molar refractivity (Wildman–Crippen MR) is 85.9 cm³/mol. The molecule has 0 unspecified atom stereocenters. The summed E-state index contributed by atoms with van der Waals surface area (Å²) in [7, 11) is 1.61. The average Bonchev–Trinajstić information content (AvgIpc) is 2.81.